The van der Waals surface area contributed by atoms with Crippen molar-refractivity contribution < 1.29 is 14.3 Å². The van der Waals surface area contributed by atoms with Crippen LogP contribution in [0.5, 0.6) is 0 Å². The maximum Gasteiger partial charge on any atom is 0.309 e. The van der Waals surface area contributed by atoms with Crippen LogP contribution in [0.15, 0.2) is 0 Å². The highest BCUT2D eigenvalue weighted by Crippen LogP contribution is 2.22. The molecule has 4 nitrogen and oxygen atoms in total. The molecule has 0 aromatic rings. The Morgan fingerprint density at radius 3 is 2.64 bits per heavy atom. The van der Waals surface area contributed by atoms with Gasteiger partial charge in [-0.1, -0.05) is 6.92 Å². The molecule has 1 N–H and O–H groups in total. The van der Waals surface area contributed by atoms with E-state index in [9.17, 15) is 4.79 Å². The van der Waals surface area contributed by atoms with Gasteiger partial charge in [0.2, 0.25) is 0 Å². The average molecular weight is 201 g/mol. The van der Waals surface area contributed by atoms with Gasteiger partial charge in [0.1, 0.15) is 0 Å². The molecule has 1 unspecified atom stereocenters. The second-order valence-electron chi connectivity index (χ2n) is 3.86. The minimum atomic E-state index is -0.153. The zero-order chi connectivity index (χ0) is 10.6. The van der Waals surface area contributed by atoms with E-state index in [1.165, 1.54) is 7.11 Å². The molecule has 4 heteroatoms. The molecule has 1 atom stereocenters. The molecule has 0 heterocycles. The molecule has 1 aliphatic carbocycles. The highest BCUT2D eigenvalue weighted by molar-refractivity contribution is 5.72. The van der Waals surface area contributed by atoms with Gasteiger partial charge in [-0.05, 0) is 12.8 Å². The third kappa shape index (κ3) is 2.96. The van der Waals surface area contributed by atoms with Crippen molar-refractivity contribution in [2.75, 3.05) is 20.8 Å². The van der Waals surface area contributed by atoms with Gasteiger partial charge in [0.25, 0.3) is 0 Å². The zero-order valence-corrected chi connectivity index (χ0v) is 9.08. The van der Waals surface area contributed by atoms with E-state index in [1.807, 2.05) is 6.92 Å². The first-order valence-corrected chi connectivity index (χ1v) is 5.01. The molecule has 0 amide bonds. The summed E-state index contributed by atoms with van der Waals surface area (Å²) in [7, 11) is 3.15. The largest absolute Gasteiger partial charge is 0.469 e. The standard InChI is InChI=1S/C10H19NO3/c1-7(10(12)14-3)6-11-8-4-9(5-8)13-2/h7-9,11H,4-6H2,1-3H3. The monoisotopic (exact) mass is 201 g/mol. The average Bonchev–Trinajstić information content (AvgIpc) is 2.14. The molecule has 1 aliphatic rings. The molecule has 0 radical (unpaired) electrons. The fourth-order valence-electron chi connectivity index (χ4n) is 1.55. The predicted molar refractivity (Wildman–Crippen MR) is 53.0 cm³/mol. The smallest absolute Gasteiger partial charge is 0.309 e. The van der Waals surface area contributed by atoms with Gasteiger partial charge < -0.3 is 14.8 Å². The van der Waals surface area contributed by atoms with Gasteiger partial charge >= 0.3 is 5.97 Å². The number of hydrogen-bond donors (Lipinski definition) is 1. The lowest BCUT2D eigenvalue weighted by Gasteiger charge is -2.35. The first kappa shape index (κ1) is 11.5. The summed E-state index contributed by atoms with van der Waals surface area (Å²) in [5, 5.41) is 3.32. The van der Waals surface area contributed by atoms with Crippen LogP contribution < -0.4 is 5.32 Å². The lowest BCUT2D eigenvalue weighted by atomic mass is 9.89. The summed E-state index contributed by atoms with van der Waals surface area (Å²) in [6, 6.07) is 0.507. The summed E-state index contributed by atoms with van der Waals surface area (Å²) in [6.07, 6.45) is 2.50. The van der Waals surface area contributed by atoms with E-state index in [0.717, 1.165) is 12.8 Å². The normalized spacial score (nSPS) is 27.9. The van der Waals surface area contributed by atoms with Gasteiger partial charge in [0.05, 0.1) is 19.1 Å². The van der Waals surface area contributed by atoms with E-state index >= 15 is 0 Å². The molecule has 0 bridgehead atoms. The van der Waals surface area contributed by atoms with Gasteiger partial charge in [-0.2, -0.15) is 0 Å². The van der Waals surface area contributed by atoms with Gasteiger partial charge in [-0.15, -0.1) is 0 Å². The molecule has 1 rings (SSSR count). The lowest BCUT2D eigenvalue weighted by Crippen LogP contribution is -2.47. The van der Waals surface area contributed by atoms with E-state index in [2.05, 4.69) is 10.1 Å². The van der Waals surface area contributed by atoms with Crippen LogP contribution in [-0.2, 0) is 14.3 Å². The topological polar surface area (TPSA) is 47.6 Å². The van der Waals surface area contributed by atoms with Crippen LogP contribution in [0.1, 0.15) is 19.8 Å². The molecular weight excluding hydrogens is 182 g/mol. The van der Waals surface area contributed by atoms with Crippen LogP contribution in [-0.4, -0.2) is 38.9 Å². The molecule has 0 saturated heterocycles. The molecule has 0 aromatic carbocycles. The maximum absolute atomic E-state index is 11.1. The van der Waals surface area contributed by atoms with Crippen LogP contribution in [0.25, 0.3) is 0 Å². The van der Waals surface area contributed by atoms with E-state index in [4.69, 9.17) is 4.74 Å². The van der Waals surface area contributed by atoms with Crippen LogP contribution >= 0.6 is 0 Å². The molecule has 14 heavy (non-hydrogen) atoms. The van der Waals surface area contributed by atoms with E-state index in [1.54, 1.807) is 7.11 Å². The number of carbonyl (C=O) groups is 1. The lowest BCUT2D eigenvalue weighted by molar-refractivity contribution is -0.144. The minimum Gasteiger partial charge on any atom is -0.469 e. The van der Waals surface area contributed by atoms with E-state index < -0.39 is 0 Å². The van der Waals surface area contributed by atoms with Crippen LogP contribution in [0, 0.1) is 5.92 Å². The first-order chi connectivity index (χ1) is 6.67. The summed E-state index contributed by atoms with van der Waals surface area (Å²) in [6.45, 7) is 2.55. The fourth-order valence-corrected chi connectivity index (χ4v) is 1.55. The number of esters is 1. The second kappa shape index (κ2) is 5.32. The number of rotatable bonds is 5. The fraction of sp³-hybridized carbons (Fsp3) is 0.900. The summed E-state index contributed by atoms with van der Waals surface area (Å²) in [5.41, 5.74) is 0. The van der Waals surface area contributed by atoms with Crippen molar-refractivity contribution >= 4 is 5.97 Å². The maximum atomic E-state index is 11.1. The number of nitrogens with one attached hydrogen (secondary N) is 1. The zero-order valence-electron chi connectivity index (χ0n) is 9.08. The summed E-state index contributed by atoms with van der Waals surface area (Å²) < 4.78 is 9.79. The van der Waals surface area contributed by atoms with Gasteiger partial charge in [0, 0.05) is 19.7 Å². The number of methoxy groups -OCH3 is 2. The van der Waals surface area contributed by atoms with Crippen LogP contribution in [0.4, 0.5) is 0 Å². The van der Waals surface area contributed by atoms with E-state index in [0.29, 0.717) is 18.7 Å². The number of ether oxygens (including phenoxy) is 2. The molecule has 82 valence electrons. The first-order valence-electron chi connectivity index (χ1n) is 5.01. The van der Waals surface area contributed by atoms with Gasteiger partial charge in [-0.25, -0.2) is 0 Å². The van der Waals surface area contributed by atoms with Gasteiger partial charge in [0.15, 0.2) is 0 Å². The Kier molecular flexibility index (Phi) is 4.35. The minimum absolute atomic E-state index is 0.0680. The Balaban J connectivity index is 2.07. The summed E-state index contributed by atoms with van der Waals surface area (Å²) in [4.78, 5) is 11.1. The Hall–Kier alpha value is -0.610. The number of carbonyl (C=O) groups excluding carboxylic acids is 1. The summed E-state index contributed by atoms with van der Waals surface area (Å²) in [5.74, 6) is -0.221. The predicted octanol–water partition coefficient (Wildman–Crippen LogP) is 0.562. The quantitative estimate of drug-likeness (QED) is 0.660. The number of hydrogen-bond acceptors (Lipinski definition) is 4. The molecular formula is C10H19NO3. The molecule has 1 saturated carbocycles. The van der Waals surface area contributed by atoms with Crippen LogP contribution in [0.2, 0.25) is 0 Å². The summed E-state index contributed by atoms with van der Waals surface area (Å²) >= 11 is 0. The van der Waals surface area contributed by atoms with Crippen LogP contribution in [0.3, 0.4) is 0 Å². The van der Waals surface area contributed by atoms with E-state index in [-0.39, 0.29) is 11.9 Å². The molecule has 0 aromatic heterocycles. The Morgan fingerprint density at radius 2 is 2.14 bits per heavy atom. The van der Waals surface area contributed by atoms with Crippen molar-refractivity contribution in [1.82, 2.24) is 5.32 Å². The van der Waals surface area contributed by atoms with Crippen molar-refractivity contribution in [3.05, 3.63) is 0 Å². The van der Waals surface area contributed by atoms with Gasteiger partial charge in [-0.3, -0.25) is 4.79 Å². The molecule has 1 fully saturated rings. The Bertz CT molecular complexity index is 190. The van der Waals surface area contributed by atoms with Crippen molar-refractivity contribution in [3.63, 3.8) is 0 Å². The second-order valence-corrected chi connectivity index (χ2v) is 3.86. The highest BCUT2D eigenvalue weighted by Gasteiger charge is 2.29. The van der Waals surface area contributed by atoms with Crippen molar-refractivity contribution in [3.8, 4) is 0 Å². The SMILES string of the molecule is COC(=O)C(C)CNC1CC(OC)C1. The highest BCUT2D eigenvalue weighted by atomic mass is 16.5. The molecule has 0 aliphatic heterocycles. The van der Waals surface area contributed by atoms with Crippen molar-refractivity contribution in [2.45, 2.75) is 31.9 Å². The Labute approximate surface area is 85.0 Å². The van der Waals surface area contributed by atoms with Crippen molar-refractivity contribution in [1.29, 1.82) is 0 Å². The Morgan fingerprint density at radius 1 is 1.50 bits per heavy atom. The molecule has 0 spiro atoms. The third-order valence-corrected chi connectivity index (χ3v) is 2.74. The third-order valence-electron chi connectivity index (χ3n) is 2.74. The van der Waals surface area contributed by atoms with Crippen molar-refractivity contribution in [2.24, 2.45) is 5.92 Å².